The predicted molar refractivity (Wildman–Crippen MR) is 126 cm³/mol. The van der Waals surface area contributed by atoms with Crippen LogP contribution in [0.2, 0.25) is 0 Å². The SMILES string of the molecule is CCCCCCOc1ccc(C2c3c(-c4ccccc4O)n[nH]c3C(=O)N2CCCO)cc1. The minimum absolute atomic E-state index is 0.000174. The Balaban J connectivity index is 1.64. The molecule has 0 fully saturated rings. The molecule has 174 valence electrons. The number of benzene rings is 2. The first-order chi connectivity index (χ1) is 16.2. The van der Waals surface area contributed by atoms with E-state index in [1.807, 2.05) is 30.3 Å². The molecule has 7 nitrogen and oxygen atoms in total. The molecule has 0 saturated carbocycles. The average molecular weight is 450 g/mol. The smallest absolute Gasteiger partial charge is 0.273 e. The molecule has 0 spiro atoms. The molecule has 0 bridgehead atoms. The first-order valence-corrected chi connectivity index (χ1v) is 11.7. The highest BCUT2D eigenvalue weighted by molar-refractivity contribution is 6.00. The molecule has 1 amide bonds. The van der Waals surface area contributed by atoms with Crippen molar-refractivity contribution >= 4 is 5.91 Å². The first-order valence-electron chi connectivity index (χ1n) is 11.7. The van der Waals surface area contributed by atoms with Crippen LogP contribution in [0.5, 0.6) is 11.5 Å². The Kier molecular flexibility index (Phi) is 7.29. The molecular weight excluding hydrogens is 418 g/mol. The second-order valence-corrected chi connectivity index (χ2v) is 8.33. The second kappa shape index (κ2) is 10.5. The molecule has 1 aliphatic rings. The summed E-state index contributed by atoms with van der Waals surface area (Å²) in [5.41, 5.74) is 3.23. The van der Waals surface area contributed by atoms with Crippen LogP contribution in [0.1, 0.15) is 66.7 Å². The molecule has 1 atom stereocenters. The number of aromatic hydroxyl groups is 1. The number of carbonyl (C=O) groups is 1. The number of fused-ring (bicyclic) bond motifs is 1. The van der Waals surface area contributed by atoms with Gasteiger partial charge in [-0.15, -0.1) is 0 Å². The third-order valence-electron chi connectivity index (χ3n) is 6.04. The second-order valence-electron chi connectivity index (χ2n) is 8.33. The summed E-state index contributed by atoms with van der Waals surface area (Å²) in [4.78, 5) is 14.9. The van der Waals surface area contributed by atoms with Gasteiger partial charge in [0.1, 0.15) is 22.9 Å². The average Bonchev–Trinajstić information content (AvgIpc) is 3.37. The molecule has 7 heteroatoms. The van der Waals surface area contributed by atoms with Gasteiger partial charge in [0.2, 0.25) is 0 Å². The number of unbranched alkanes of at least 4 members (excludes halogenated alkanes) is 3. The summed E-state index contributed by atoms with van der Waals surface area (Å²) in [6.07, 6.45) is 5.08. The molecule has 2 heterocycles. The van der Waals surface area contributed by atoms with Crippen LogP contribution in [0.3, 0.4) is 0 Å². The molecule has 1 aromatic heterocycles. The number of aromatic nitrogens is 2. The van der Waals surface area contributed by atoms with E-state index >= 15 is 0 Å². The van der Waals surface area contributed by atoms with Crippen molar-refractivity contribution in [2.75, 3.05) is 19.8 Å². The summed E-state index contributed by atoms with van der Waals surface area (Å²) in [6, 6.07) is 14.4. The summed E-state index contributed by atoms with van der Waals surface area (Å²) in [6.45, 7) is 3.29. The van der Waals surface area contributed by atoms with Crippen LogP contribution >= 0.6 is 0 Å². The Hall–Kier alpha value is -3.32. The van der Waals surface area contributed by atoms with Crippen molar-refractivity contribution in [2.24, 2.45) is 0 Å². The Labute approximate surface area is 194 Å². The molecule has 3 N–H and O–H groups in total. The summed E-state index contributed by atoms with van der Waals surface area (Å²) in [5.74, 6) is 0.752. The molecule has 0 saturated heterocycles. The van der Waals surface area contributed by atoms with Gasteiger partial charge in [0.05, 0.1) is 12.6 Å². The van der Waals surface area contributed by atoms with E-state index in [2.05, 4.69) is 17.1 Å². The van der Waals surface area contributed by atoms with E-state index < -0.39 is 0 Å². The molecule has 0 aliphatic carbocycles. The van der Waals surface area contributed by atoms with Crippen molar-refractivity contribution in [1.29, 1.82) is 0 Å². The number of carbonyl (C=O) groups excluding carboxylic acids is 1. The number of aromatic amines is 1. The summed E-state index contributed by atoms with van der Waals surface area (Å²) >= 11 is 0. The number of aliphatic hydroxyl groups excluding tert-OH is 1. The number of rotatable bonds is 11. The minimum Gasteiger partial charge on any atom is -0.507 e. The highest BCUT2D eigenvalue weighted by Gasteiger charge is 2.42. The number of amides is 1. The molecular formula is C26H31N3O4. The van der Waals surface area contributed by atoms with E-state index in [0.29, 0.717) is 36.5 Å². The van der Waals surface area contributed by atoms with E-state index in [4.69, 9.17) is 4.74 Å². The minimum atomic E-state index is -0.369. The lowest BCUT2D eigenvalue weighted by molar-refractivity contribution is 0.0732. The van der Waals surface area contributed by atoms with Gasteiger partial charge < -0.3 is 19.8 Å². The van der Waals surface area contributed by atoms with Crippen LogP contribution in [0.15, 0.2) is 48.5 Å². The van der Waals surface area contributed by atoms with E-state index in [1.54, 1.807) is 23.1 Å². The fourth-order valence-electron chi connectivity index (χ4n) is 4.36. The lowest BCUT2D eigenvalue weighted by Crippen LogP contribution is -2.31. The van der Waals surface area contributed by atoms with Crippen LogP contribution in [0.4, 0.5) is 0 Å². The van der Waals surface area contributed by atoms with Gasteiger partial charge in [-0.05, 0) is 42.7 Å². The molecule has 33 heavy (non-hydrogen) atoms. The zero-order valence-corrected chi connectivity index (χ0v) is 19.0. The maximum Gasteiger partial charge on any atom is 0.273 e. The van der Waals surface area contributed by atoms with Crippen LogP contribution in [0, 0.1) is 0 Å². The van der Waals surface area contributed by atoms with Crippen molar-refractivity contribution in [1.82, 2.24) is 15.1 Å². The summed E-state index contributed by atoms with van der Waals surface area (Å²) in [7, 11) is 0. The third kappa shape index (κ3) is 4.73. The third-order valence-corrected chi connectivity index (χ3v) is 6.04. The zero-order chi connectivity index (χ0) is 23.2. The quantitative estimate of drug-likeness (QED) is 0.370. The fraction of sp³-hybridized carbons (Fsp3) is 0.385. The number of H-pyrrole nitrogens is 1. The first kappa shape index (κ1) is 22.9. The Bertz CT molecular complexity index is 1080. The molecule has 2 aromatic carbocycles. The van der Waals surface area contributed by atoms with Crippen molar-refractivity contribution in [2.45, 2.75) is 45.1 Å². The van der Waals surface area contributed by atoms with Gasteiger partial charge >= 0.3 is 0 Å². The van der Waals surface area contributed by atoms with Crippen molar-refractivity contribution in [3.8, 4) is 22.8 Å². The van der Waals surface area contributed by atoms with Gasteiger partial charge in [-0.1, -0.05) is 50.5 Å². The lowest BCUT2D eigenvalue weighted by Gasteiger charge is -2.26. The number of phenolic OH excluding ortho intramolecular Hbond substituents is 1. The molecule has 1 unspecified atom stereocenters. The Morgan fingerprint density at radius 1 is 1.06 bits per heavy atom. The molecule has 0 radical (unpaired) electrons. The Morgan fingerprint density at radius 2 is 1.85 bits per heavy atom. The molecule has 4 rings (SSSR count). The van der Waals surface area contributed by atoms with Crippen LogP contribution < -0.4 is 4.74 Å². The van der Waals surface area contributed by atoms with Crippen LogP contribution in [0.25, 0.3) is 11.3 Å². The van der Waals surface area contributed by atoms with E-state index in [0.717, 1.165) is 29.7 Å². The maximum absolute atomic E-state index is 13.2. The number of aliphatic hydroxyl groups is 1. The van der Waals surface area contributed by atoms with Crippen LogP contribution in [-0.2, 0) is 0 Å². The van der Waals surface area contributed by atoms with Gasteiger partial charge in [-0.3, -0.25) is 9.89 Å². The topological polar surface area (TPSA) is 98.7 Å². The van der Waals surface area contributed by atoms with Gasteiger partial charge in [-0.2, -0.15) is 5.10 Å². The Morgan fingerprint density at radius 3 is 2.58 bits per heavy atom. The van der Waals surface area contributed by atoms with Gasteiger partial charge in [0, 0.05) is 24.3 Å². The van der Waals surface area contributed by atoms with Gasteiger partial charge in [0.25, 0.3) is 5.91 Å². The maximum atomic E-state index is 13.2. The number of ether oxygens (including phenoxy) is 1. The fourth-order valence-corrected chi connectivity index (χ4v) is 4.36. The molecule has 1 aliphatic heterocycles. The van der Waals surface area contributed by atoms with Crippen molar-refractivity contribution in [3.05, 3.63) is 65.4 Å². The zero-order valence-electron chi connectivity index (χ0n) is 19.0. The van der Waals surface area contributed by atoms with E-state index in [-0.39, 0.29) is 24.3 Å². The largest absolute Gasteiger partial charge is 0.507 e. The normalized spacial score (nSPS) is 15.2. The van der Waals surface area contributed by atoms with E-state index in [1.165, 1.54) is 12.8 Å². The number of nitrogens with zero attached hydrogens (tertiary/aromatic N) is 2. The predicted octanol–water partition coefficient (Wildman–Crippen LogP) is 4.67. The summed E-state index contributed by atoms with van der Waals surface area (Å²) in [5, 5.41) is 27.1. The van der Waals surface area contributed by atoms with Gasteiger partial charge in [-0.25, -0.2) is 0 Å². The summed E-state index contributed by atoms with van der Waals surface area (Å²) < 4.78 is 5.88. The highest BCUT2D eigenvalue weighted by atomic mass is 16.5. The monoisotopic (exact) mass is 449 g/mol. The van der Waals surface area contributed by atoms with Gasteiger partial charge in [0.15, 0.2) is 0 Å². The lowest BCUT2D eigenvalue weighted by atomic mass is 9.95. The number of nitrogens with one attached hydrogen (secondary N) is 1. The number of hydrogen-bond acceptors (Lipinski definition) is 5. The van der Waals surface area contributed by atoms with Crippen LogP contribution in [-0.4, -0.2) is 51.0 Å². The van der Waals surface area contributed by atoms with Crippen molar-refractivity contribution in [3.63, 3.8) is 0 Å². The number of para-hydroxylation sites is 1. The number of phenols is 1. The highest BCUT2D eigenvalue weighted by Crippen LogP contribution is 2.44. The van der Waals surface area contributed by atoms with Crippen molar-refractivity contribution < 1.29 is 19.7 Å². The standard InChI is InChI=1S/C26H31N3O4/c1-2-3-4-7-17-33-19-13-11-18(12-14-19)25-22-23(20-9-5-6-10-21(20)31)27-28-24(22)26(32)29(25)15-8-16-30/h5-6,9-14,25,30-31H,2-4,7-8,15-17H2,1H3,(H,27,28). The number of hydrogen-bond donors (Lipinski definition) is 3. The molecule has 3 aromatic rings. The van der Waals surface area contributed by atoms with E-state index in [9.17, 15) is 15.0 Å².